The van der Waals surface area contributed by atoms with E-state index in [0.717, 1.165) is 17.9 Å². The first-order chi connectivity index (χ1) is 6.74. The van der Waals surface area contributed by atoms with Crippen LogP contribution in [0.5, 0.6) is 0 Å². The quantitative estimate of drug-likeness (QED) is 0.766. The van der Waals surface area contributed by atoms with Crippen LogP contribution in [0.15, 0.2) is 18.9 Å². The van der Waals surface area contributed by atoms with Crippen molar-refractivity contribution < 1.29 is 0 Å². The zero-order valence-corrected chi connectivity index (χ0v) is 8.31. The average molecular weight is 191 g/mol. The SMILES string of the molecule is CCn1cnc(-c2cncn2C)c1N. The number of nitrogens with zero attached hydrogens (tertiary/aromatic N) is 4. The van der Waals surface area contributed by atoms with Gasteiger partial charge < -0.3 is 14.9 Å². The normalized spacial score (nSPS) is 10.7. The number of nitrogens with two attached hydrogens (primary N) is 1. The highest BCUT2D eigenvalue weighted by atomic mass is 15.1. The Balaban J connectivity index is 2.52. The summed E-state index contributed by atoms with van der Waals surface area (Å²) in [4.78, 5) is 8.30. The molecule has 2 N–H and O–H groups in total. The third-order valence-corrected chi connectivity index (χ3v) is 2.28. The topological polar surface area (TPSA) is 61.7 Å². The second-order valence-corrected chi connectivity index (χ2v) is 3.15. The summed E-state index contributed by atoms with van der Waals surface area (Å²) in [6.07, 6.45) is 5.25. The number of hydrogen-bond acceptors (Lipinski definition) is 3. The summed E-state index contributed by atoms with van der Waals surface area (Å²) < 4.78 is 3.81. The van der Waals surface area contributed by atoms with Crippen LogP contribution in [-0.4, -0.2) is 19.1 Å². The average Bonchev–Trinajstić information content (AvgIpc) is 2.72. The third-order valence-electron chi connectivity index (χ3n) is 2.28. The van der Waals surface area contributed by atoms with Crippen molar-refractivity contribution in [3.63, 3.8) is 0 Å². The van der Waals surface area contributed by atoms with E-state index >= 15 is 0 Å². The highest BCUT2D eigenvalue weighted by Crippen LogP contribution is 2.22. The van der Waals surface area contributed by atoms with Crippen molar-refractivity contribution in [2.75, 3.05) is 5.73 Å². The summed E-state index contributed by atoms with van der Waals surface area (Å²) in [5.74, 6) is 0.691. The minimum Gasteiger partial charge on any atom is -0.383 e. The van der Waals surface area contributed by atoms with E-state index in [1.165, 1.54) is 0 Å². The molecule has 0 unspecified atom stereocenters. The predicted octanol–water partition coefficient (Wildman–Crippen LogP) is 0.886. The van der Waals surface area contributed by atoms with Crippen molar-refractivity contribution in [1.29, 1.82) is 0 Å². The van der Waals surface area contributed by atoms with E-state index in [1.807, 2.05) is 23.1 Å². The van der Waals surface area contributed by atoms with Gasteiger partial charge in [-0.05, 0) is 6.92 Å². The van der Waals surface area contributed by atoms with Crippen LogP contribution in [0.4, 0.5) is 5.82 Å². The van der Waals surface area contributed by atoms with Gasteiger partial charge in [-0.25, -0.2) is 9.97 Å². The lowest BCUT2D eigenvalue weighted by molar-refractivity contribution is 0.771. The fourth-order valence-corrected chi connectivity index (χ4v) is 1.43. The first-order valence-corrected chi connectivity index (χ1v) is 4.51. The molecular weight excluding hydrogens is 178 g/mol. The zero-order chi connectivity index (χ0) is 10.1. The highest BCUT2D eigenvalue weighted by molar-refractivity contribution is 5.66. The summed E-state index contributed by atoms with van der Waals surface area (Å²) in [5, 5.41) is 0. The van der Waals surface area contributed by atoms with E-state index in [0.29, 0.717) is 5.82 Å². The van der Waals surface area contributed by atoms with Gasteiger partial charge in [0.25, 0.3) is 0 Å². The van der Waals surface area contributed by atoms with E-state index in [-0.39, 0.29) is 0 Å². The molecule has 0 spiro atoms. The van der Waals surface area contributed by atoms with Crippen LogP contribution in [0.3, 0.4) is 0 Å². The van der Waals surface area contributed by atoms with Gasteiger partial charge in [0.15, 0.2) is 0 Å². The molecule has 0 aliphatic heterocycles. The maximum Gasteiger partial charge on any atom is 0.133 e. The number of anilines is 1. The van der Waals surface area contributed by atoms with E-state index < -0.39 is 0 Å². The number of aryl methyl sites for hydroxylation is 2. The number of hydrogen-bond donors (Lipinski definition) is 1. The molecule has 2 heterocycles. The number of rotatable bonds is 2. The summed E-state index contributed by atoms with van der Waals surface area (Å²) >= 11 is 0. The molecule has 2 aromatic rings. The summed E-state index contributed by atoms with van der Waals surface area (Å²) in [7, 11) is 1.92. The smallest absolute Gasteiger partial charge is 0.133 e. The summed E-state index contributed by atoms with van der Waals surface area (Å²) in [6, 6.07) is 0. The van der Waals surface area contributed by atoms with E-state index in [2.05, 4.69) is 9.97 Å². The largest absolute Gasteiger partial charge is 0.383 e. The Kier molecular flexibility index (Phi) is 1.99. The molecule has 5 nitrogen and oxygen atoms in total. The standard InChI is InChI=1S/C9H13N5/c1-3-14-6-12-8(9(14)10)7-4-11-5-13(7)2/h4-6H,3,10H2,1-2H3. The van der Waals surface area contributed by atoms with Gasteiger partial charge in [-0.15, -0.1) is 0 Å². The van der Waals surface area contributed by atoms with E-state index in [4.69, 9.17) is 5.73 Å². The first-order valence-electron chi connectivity index (χ1n) is 4.51. The second kappa shape index (κ2) is 3.17. The maximum atomic E-state index is 5.93. The van der Waals surface area contributed by atoms with Crippen LogP contribution in [0.1, 0.15) is 6.92 Å². The Morgan fingerprint density at radius 2 is 2.21 bits per heavy atom. The summed E-state index contributed by atoms with van der Waals surface area (Å²) in [5.41, 5.74) is 7.67. The lowest BCUT2D eigenvalue weighted by Gasteiger charge is -2.02. The van der Waals surface area contributed by atoms with Gasteiger partial charge in [-0.1, -0.05) is 0 Å². The van der Waals surface area contributed by atoms with E-state index in [9.17, 15) is 0 Å². The van der Waals surface area contributed by atoms with Gasteiger partial charge in [-0.2, -0.15) is 0 Å². The van der Waals surface area contributed by atoms with E-state index in [1.54, 1.807) is 18.9 Å². The molecule has 5 heteroatoms. The Labute approximate surface area is 82.2 Å². The lowest BCUT2D eigenvalue weighted by Crippen LogP contribution is -2.00. The third kappa shape index (κ3) is 1.17. The van der Waals surface area contributed by atoms with Crippen molar-refractivity contribution >= 4 is 5.82 Å². The Bertz CT molecular complexity index is 440. The maximum absolute atomic E-state index is 5.93. The van der Waals surface area contributed by atoms with Crippen LogP contribution in [0, 0.1) is 0 Å². The fourth-order valence-electron chi connectivity index (χ4n) is 1.43. The highest BCUT2D eigenvalue weighted by Gasteiger charge is 2.11. The predicted molar refractivity (Wildman–Crippen MR) is 54.5 cm³/mol. The van der Waals surface area contributed by atoms with Gasteiger partial charge in [0.1, 0.15) is 11.5 Å². The van der Waals surface area contributed by atoms with Crippen molar-refractivity contribution in [1.82, 2.24) is 19.1 Å². The van der Waals surface area contributed by atoms with Crippen molar-refractivity contribution in [2.24, 2.45) is 7.05 Å². The van der Waals surface area contributed by atoms with Crippen molar-refractivity contribution in [3.05, 3.63) is 18.9 Å². The van der Waals surface area contributed by atoms with Gasteiger partial charge in [0.2, 0.25) is 0 Å². The molecule has 0 saturated heterocycles. The second-order valence-electron chi connectivity index (χ2n) is 3.15. The van der Waals surface area contributed by atoms with Crippen LogP contribution in [0.25, 0.3) is 11.4 Å². The van der Waals surface area contributed by atoms with Gasteiger partial charge in [0, 0.05) is 13.6 Å². The van der Waals surface area contributed by atoms with Crippen LogP contribution < -0.4 is 5.73 Å². The molecule has 2 rings (SSSR count). The zero-order valence-electron chi connectivity index (χ0n) is 8.31. The van der Waals surface area contributed by atoms with Gasteiger partial charge in [-0.3, -0.25) is 0 Å². The van der Waals surface area contributed by atoms with Gasteiger partial charge in [0.05, 0.1) is 24.5 Å². The number of imidazole rings is 2. The molecule has 0 amide bonds. The number of aromatic nitrogens is 4. The summed E-state index contributed by atoms with van der Waals surface area (Å²) in [6.45, 7) is 2.86. The van der Waals surface area contributed by atoms with Crippen LogP contribution >= 0.6 is 0 Å². The molecule has 0 aliphatic carbocycles. The fraction of sp³-hybridized carbons (Fsp3) is 0.333. The number of nitrogen functional groups attached to an aromatic ring is 1. The monoisotopic (exact) mass is 191 g/mol. The Morgan fingerprint density at radius 1 is 1.43 bits per heavy atom. The minimum atomic E-state index is 0.691. The van der Waals surface area contributed by atoms with Gasteiger partial charge >= 0.3 is 0 Å². The van der Waals surface area contributed by atoms with Crippen LogP contribution in [-0.2, 0) is 13.6 Å². The van der Waals surface area contributed by atoms with Crippen LogP contribution in [0.2, 0.25) is 0 Å². The molecule has 0 atom stereocenters. The van der Waals surface area contributed by atoms with Crippen molar-refractivity contribution in [2.45, 2.75) is 13.5 Å². The van der Waals surface area contributed by atoms with Crippen molar-refractivity contribution in [3.8, 4) is 11.4 Å². The molecule has 14 heavy (non-hydrogen) atoms. The Morgan fingerprint density at radius 3 is 2.71 bits per heavy atom. The molecule has 0 fully saturated rings. The lowest BCUT2D eigenvalue weighted by atomic mass is 10.3. The molecule has 0 saturated carbocycles. The molecule has 74 valence electrons. The molecule has 0 bridgehead atoms. The molecule has 0 aromatic carbocycles. The Hall–Kier alpha value is -1.78. The minimum absolute atomic E-state index is 0.691. The first kappa shape index (κ1) is 8.80. The molecule has 2 aromatic heterocycles. The molecule has 0 radical (unpaired) electrons. The molecular formula is C9H13N5. The molecule has 0 aliphatic rings.